The highest BCUT2D eigenvalue weighted by atomic mass is 16.4. The number of carboxylic acids is 1. The first-order valence-electron chi connectivity index (χ1n) is 4.67. The highest BCUT2D eigenvalue weighted by molar-refractivity contribution is 5.74. The van der Waals surface area contributed by atoms with Crippen LogP contribution >= 0.6 is 0 Å². The van der Waals surface area contributed by atoms with E-state index in [0.717, 1.165) is 16.6 Å². The summed E-state index contributed by atoms with van der Waals surface area (Å²) in [6.45, 7) is 0. The van der Waals surface area contributed by atoms with Crippen molar-refractivity contribution in [3.8, 4) is 0 Å². The van der Waals surface area contributed by atoms with Crippen LogP contribution in [0.1, 0.15) is 12.0 Å². The second-order valence-corrected chi connectivity index (χ2v) is 3.27. The Labute approximate surface area is 86.6 Å². The van der Waals surface area contributed by atoms with Crippen LogP contribution in [0, 0.1) is 0 Å². The zero-order valence-corrected chi connectivity index (χ0v) is 8.05. The number of fused-ring (bicyclic) bond motifs is 1. The van der Waals surface area contributed by atoms with Gasteiger partial charge in [0.05, 0.1) is 11.0 Å². The number of aromatic nitrogens is 2. The largest absolute Gasteiger partial charge is 0.481 e. The molecular formula is C11H10N2O2. The summed E-state index contributed by atoms with van der Waals surface area (Å²) in [5.41, 5.74) is 2.61. The summed E-state index contributed by atoms with van der Waals surface area (Å²) in [5, 5.41) is 8.56. The third kappa shape index (κ3) is 2.28. The number of hydrogen-bond donors (Lipinski definition) is 1. The highest BCUT2D eigenvalue weighted by Gasteiger charge is 2.01. The molecule has 0 saturated carbocycles. The second-order valence-electron chi connectivity index (χ2n) is 3.27. The minimum absolute atomic E-state index is 0.145. The molecule has 0 saturated heterocycles. The number of hydrogen-bond acceptors (Lipinski definition) is 3. The van der Waals surface area contributed by atoms with E-state index in [1.165, 1.54) is 0 Å². The molecule has 0 aliphatic rings. The minimum atomic E-state index is -0.783. The number of nitrogens with zero attached hydrogens (tertiary/aromatic N) is 2. The van der Waals surface area contributed by atoms with E-state index in [9.17, 15) is 4.79 Å². The van der Waals surface area contributed by atoms with Gasteiger partial charge in [0.2, 0.25) is 0 Å². The fraction of sp³-hybridized carbons (Fsp3) is 0.182. The number of carboxylic acid groups (broad SMARTS) is 1. The van der Waals surface area contributed by atoms with Gasteiger partial charge in [0.1, 0.15) is 0 Å². The third-order valence-corrected chi connectivity index (χ3v) is 2.16. The van der Waals surface area contributed by atoms with E-state index in [0.29, 0.717) is 6.42 Å². The Morgan fingerprint density at radius 2 is 1.93 bits per heavy atom. The van der Waals surface area contributed by atoms with E-state index in [1.807, 2.05) is 18.2 Å². The molecule has 0 aliphatic heterocycles. The number of benzene rings is 1. The third-order valence-electron chi connectivity index (χ3n) is 2.16. The lowest BCUT2D eigenvalue weighted by Crippen LogP contribution is -1.97. The summed E-state index contributed by atoms with van der Waals surface area (Å²) >= 11 is 0. The molecule has 0 bridgehead atoms. The fourth-order valence-electron chi connectivity index (χ4n) is 1.42. The van der Waals surface area contributed by atoms with Crippen LogP contribution < -0.4 is 0 Å². The lowest BCUT2D eigenvalue weighted by atomic mass is 10.1. The molecule has 0 atom stereocenters. The summed E-state index contributed by atoms with van der Waals surface area (Å²) in [6, 6.07) is 5.63. The van der Waals surface area contributed by atoms with E-state index in [2.05, 4.69) is 9.97 Å². The lowest BCUT2D eigenvalue weighted by molar-refractivity contribution is -0.136. The summed E-state index contributed by atoms with van der Waals surface area (Å²) in [6.07, 6.45) is 3.94. The van der Waals surface area contributed by atoms with Gasteiger partial charge in [0.25, 0.3) is 0 Å². The van der Waals surface area contributed by atoms with E-state index in [1.54, 1.807) is 12.4 Å². The average molecular weight is 202 g/mol. The summed E-state index contributed by atoms with van der Waals surface area (Å²) < 4.78 is 0. The van der Waals surface area contributed by atoms with Crippen molar-refractivity contribution in [2.75, 3.05) is 0 Å². The molecule has 0 aliphatic carbocycles. The van der Waals surface area contributed by atoms with Crippen LogP contribution in [-0.4, -0.2) is 21.0 Å². The van der Waals surface area contributed by atoms with Gasteiger partial charge >= 0.3 is 5.97 Å². The van der Waals surface area contributed by atoms with Gasteiger partial charge in [-0.3, -0.25) is 14.8 Å². The maximum absolute atomic E-state index is 10.4. The minimum Gasteiger partial charge on any atom is -0.481 e. The average Bonchev–Trinajstić information content (AvgIpc) is 2.26. The predicted octanol–water partition coefficient (Wildman–Crippen LogP) is 1.65. The smallest absolute Gasteiger partial charge is 0.303 e. The molecule has 1 aromatic carbocycles. The Morgan fingerprint density at radius 3 is 2.67 bits per heavy atom. The van der Waals surface area contributed by atoms with E-state index in [4.69, 9.17) is 5.11 Å². The van der Waals surface area contributed by atoms with Gasteiger partial charge in [-0.25, -0.2) is 0 Å². The second kappa shape index (κ2) is 4.04. The zero-order chi connectivity index (χ0) is 10.7. The molecule has 15 heavy (non-hydrogen) atoms. The van der Waals surface area contributed by atoms with Crippen LogP contribution in [0.25, 0.3) is 11.0 Å². The van der Waals surface area contributed by atoms with Crippen molar-refractivity contribution in [1.29, 1.82) is 0 Å². The Hall–Kier alpha value is -1.97. The van der Waals surface area contributed by atoms with Crippen LogP contribution in [0.5, 0.6) is 0 Å². The van der Waals surface area contributed by atoms with Crippen LogP contribution in [-0.2, 0) is 11.2 Å². The van der Waals surface area contributed by atoms with Gasteiger partial charge in [-0.05, 0) is 24.1 Å². The Bertz CT molecular complexity index is 497. The first-order valence-corrected chi connectivity index (χ1v) is 4.67. The van der Waals surface area contributed by atoms with Gasteiger partial charge in [-0.15, -0.1) is 0 Å². The first-order chi connectivity index (χ1) is 7.25. The van der Waals surface area contributed by atoms with Crippen LogP contribution in [0.4, 0.5) is 0 Å². The van der Waals surface area contributed by atoms with Crippen molar-refractivity contribution in [2.24, 2.45) is 0 Å². The Balaban J connectivity index is 2.26. The van der Waals surface area contributed by atoms with Gasteiger partial charge in [-0.1, -0.05) is 6.07 Å². The van der Waals surface area contributed by atoms with Crippen molar-refractivity contribution in [1.82, 2.24) is 9.97 Å². The molecule has 1 aromatic heterocycles. The molecular weight excluding hydrogens is 192 g/mol. The Kier molecular flexibility index (Phi) is 2.58. The number of rotatable bonds is 3. The molecule has 2 rings (SSSR count). The maximum atomic E-state index is 10.4. The fourth-order valence-corrected chi connectivity index (χ4v) is 1.42. The highest BCUT2D eigenvalue weighted by Crippen LogP contribution is 2.12. The Morgan fingerprint density at radius 1 is 1.20 bits per heavy atom. The molecule has 0 unspecified atom stereocenters. The predicted molar refractivity (Wildman–Crippen MR) is 55.5 cm³/mol. The van der Waals surface area contributed by atoms with Crippen molar-refractivity contribution in [3.05, 3.63) is 36.2 Å². The standard InChI is InChI=1S/C11H10N2O2/c14-11(15)4-2-8-1-3-9-10(7-8)13-6-5-12-9/h1,3,5-7H,2,4H2,(H,14,15). The molecule has 76 valence electrons. The molecule has 1 heterocycles. The molecule has 0 radical (unpaired) electrons. The van der Waals surface area contributed by atoms with Crippen molar-refractivity contribution in [2.45, 2.75) is 12.8 Å². The number of aryl methyl sites for hydroxylation is 1. The molecule has 1 N–H and O–H groups in total. The quantitative estimate of drug-likeness (QED) is 0.821. The monoisotopic (exact) mass is 202 g/mol. The zero-order valence-electron chi connectivity index (χ0n) is 8.05. The molecule has 2 aromatic rings. The normalized spacial score (nSPS) is 10.4. The summed E-state index contributed by atoms with van der Waals surface area (Å²) in [4.78, 5) is 18.7. The number of aliphatic carboxylic acids is 1. The van der Waals surface area contributed by atoms with Gasteiger partial charge < -0.3 is 5.11 Å². The van der Waals surface area contributed by atoms with Crippen molar-refractivity contribution >= 4 is 17.0 Å². The summed E-state index contributed by atoms with van der Waals surface area (Å²) in [5.74, 6) is -0.783. The summed E-state index contributed by atoms with van der Waals surface area (Å²) in [7, 11) is 0. The maximum Gasteiger partial charge on any atom is 0.303 e. The van der Waals surface area contributed by atoms with Gasteiger partial charge in [0.15, 0.2) is 0 Å². The van der Waals surface area contributed by atoms with Gasteiger partial charge in [0, 0.05) is 18.8 Å². The molecule has 0 fully saturated rings. The van der Waals surface area contributed by atoms with Crippen LogP contribution in [0.3, 0.4) is 0 Å². The van der Waals surface area contributed by atoms with E-state index in [-0.39, 0.29) is 6.42 Å². The molecule has 0 spiro atoms. The van der Waals surface area contributed by atoms with E-state index >= 15 is 0 Å². The number of carbonyl (C=O) groups is 1. The van der Waals surface area contributed by atoms with Crippen molar-refractivity contribution in [3.63, 3.8) is 0 Å². The first kappa shape index (κ1) is 9.58. The van der Waals surface area contributed by atoms with Crippen LogP contribution in [0.2, 0.25) is 0 Å². The van der Waals surface area contributed by atoms with Crippen LogP contribution in [0.15, 0.2) is 30.6 Å². The molecule has 4 heteroatoms. The van der Waals surface area contributed by atoms with Crippen molar-refractivity contribution < 1.29 is 9.90 Å². The molecule has 0 amide bonds. The van der Waals surface area contributed by atoms with E-state index < -0.39 is 5.97 Å². The lowest BCUT2D eigenvalue weighted by Gasteiger charge is -2.00. The van der Waals surface area contributed by atoms with Gasteiger partial charge in [-0.2, -0.15) is 0 Å². The topological polar surface area (TPSA) is 63.1 Å². The SMILES string of the molecule is O=C(O)CCc1ccc2nccnc2c1. The molecule has 4 nitrogen and oxygen atoms in total.